The molecule has 1 spiro atoms. The van der Waals surface area contributed by atoms with Crippen molar-refractivity contribution in [3.63, 3.8) is 0 Å². The van der Waals surface area contributed by atoms with Gasteiger partial charge in [-0.25, -0.2) is 0 Å². The predicted molar refractivity (Wildman–Crippen MR) is 90.6 cm³/mol. The first-order valence-corrected chi connectivity index (χ1v) is 9.18. The second-order valence-electron chi connectivity index (χ2n) is 8.10. The van der Waals surface area contributed by atoms with E-state index >= 15 is 0 Å². The zero-order valence-corrected chi connectivity index (χ0v) is 14.3. The summed E-state index contributed by atoms with van der Waals surface area (Å²) in [5.41, 5.74) is 2.17. The van der Waals surface area contributed by atoms with E-state index in [0.29, 0.717) is 6.61 Å². The normalized spacial score (nSPS) is 44.0. The Morgan fingerprint density at radius 3 is 3.04 bits per heavy atom. The number of aliphatic carboxylic acids is 1. The Morgan fingerprint density at radius 2 is 2.23 bits per heavy atom. The van der Waals surface area contributed by atoms with Gasteiger partial charge in [0, 0.05) is 23.8 Å². The fourth-order valence-electron chi connectivity index (χ4n) is 6.04. The van der Waals surface area contributed by atoms with E-state index in [1.54, 1.807) is 0 Å². The van der Waals surface area contributed by atoms with E-state index < -0.39 is 29.5 Å². The monoisotopic (exact) mass is 353 g/mol. The van der Waals surface area contributed by atoms with E-state index in [1.807, 2.05) is 36.1 Å². The van der Waals surface area contributed by atoms with Gasteiger partial charge in [-0.2, -0.15) is 0 Å². The molecule has 0 unspecified atom stereocenters. The van der Waals surface area contributed by atoms with Crippen molar-refractivity contribution in [3.8, 4) is 0 Å². The number of hydrogen-bond donors (Lipinski definition) is 1. The summed E-state index contributed by atoms with van der Waals surface area (Å²) in [6.45, 7) is 2.68. The Kier molecular flexibility index (Phi) is 2.62. The molecule has 5 aliphatic rings. The summed E-state index contributed by atoms with van der Waals surface area (Å²) in [5, 5.41) is 9.74. The van der Waals surface area contributed by atoms with Gasteiger partial charge < -0.3 is 19.5 Å². The van der Waals surface area contributed by atoms with Crippen LogP contribution in [0.3, 0.4) is 0 Å². The van der Waals surface area contributed by atoms with Gasteiger partial charge in [-0.05, 0) is 19.4 Å². The van der Waals surface area contributed by atoms with Crippen LogP contribution >= 0.6 is 0 Å². The fourth-order valence-corrected chi connectivity index (χ4v) is 6.04. The van der Waals surface area contributed by atoms with Gasteiger partial charge in [-0.1, -0.05) is 29.8 Å². The molecule has 134 valence electrons. The second kappa shape index (κ2) is 4.56. The van der Waals surface area contributed by atoms with Crippen molar-refractivity contribution in [2.24, 2.45) is 17.8 Å². The summed E-state index contributed by atoms with van der Waals surface area (Å²) in [7, 11) is 0. The largest absolute Gasteiger partial charge is 0.481 e. The van der Waals surface area contributed by atoms with Gasteiger partial charge in [0.25, 0.3) is 0 Å². The van der Waals surface area contributed by atoms with Gasteiger partial charge in [-0.3, -0.25) is 9.59 Å². The lowest BCUT2D eigenvalue weighted by Gasteiger charge is -2.44. The first kappa shape index (κ1) is 14.9. The molecule has 5 heterocycles. The number of carbonyl (C=O) groups is 2. The molecular weight excluding hydrogens is 334 g/mol. The van der Waals surface area contributed by atoms with Crippen molar-refractivity contribution in [2.45, 2.75) is 37.2 Å². The van der Waals surface area contributed by atoms with Gasteiger partial charge in [0.2, 0.25) is 5.91 Å². The molecule has 1 amide bonds. The molecule has 0 aliphatic carbocycles. The van der Waals surface area contributed by atoms with Gasteiger partial charge >= 0.3 is 5.97 Å². The zero-order valence-electron chi connectivity index (χ0n) is 14.3. The lowest BCUT2D eigenvalue weighted by atomic mass is 9.70. The van der Waals surface area contributed by atoms with Crippen LogP contribution in [0.15, 0.2) is 30.4 Å². The number of carboxylic acid groups (broad SMARTS) is 1. The van der Waals surface area contributed by atoms with Crippen molar-refractivity contribution in [2.75, 3.05) is 11.5 Å². The maximum Gasteiger partial charge on any atom is 0.310 e. The van der Waals surface area contributed by atoms with E-state index in [2.05, 4.69) is 6.07 Å². The van der Waals surface area contributed by atoms with Crippen LogP contribution in [0.25, 0.3) is 0 Å². The van der Waals surface area contributed by atoms with Crippen LogP contribution in [-0.2, 0) is 19.1 Å². The number of fused-ring (bicyclic) bond motifs is 7. The summed E-state index contributed by atoms with van der Waals surface area (Å²) in [6.07, 6.45) is 4.07. The highest BCUT2D eigenvalue weighted by atomic mass is 16.5. The summed E-state index contributed by atoms with van der Waals surface area (Å²) >= 11 is 0. The average molecular weight is 353 g/mol. The Labute approximate surface area is 150 Å². The molecule has 6 heteroatoms. The molecule has 1 aromatic rings. The summed E-state index contributed by atoms with van der Waals surface area (Å²) < 4.78 is 12.3. The van der Waals surface area contributed by atoms with Crippen molar-refractivity contribution in [1.29, 1.82) is 0 Å². The van der Waals surface area contributed by atoms with Crippen LogP contribution in [0.4, 0.5) is 5.69 Å². The van der Waals surface area contributed by atoms with E-state index in [9.17, 15) is 14.7 Å². The van der Waals surface area contributed by atoms with Crippen molar-refractivity contribution in [1.82, 2.24) is 0 Å². The van der Waals surface area contributed by atoms with E-state index in [0.717, 1.165) is 23.2 Å². The van der Waals surface area contributed by atoms with Gasteiger partial charge in [0.15, 0.2) is 0 Å². The van der Waals surface area contributed by atoms with Crippen LogP contribution in [0.5, 0.6) is 0 Å². The van der Waals surface area contributed by atoms with Crippen LogP contribution in [0.2, 0.25) is 0 Å². The van der Waals surface area contributed by atoms with Crippen LogP contribution in [0.1, 0.15) is 23.7 Å². The highest BCUT2D eigenvalue weighted by Gasteiger charge is 2.74. The molecular formula is C20H19NO5. The number of hydrogen-bond acceptors (Lipinski definition) is 4. The number of nitrogens with zero attached hydrogens (tertiary/aromatic N) is 1. The van der Waals surface area contributed by atoms with Gasteiger partial charge in [0.05, 0.1) is 24.2 Å². The first-order valence-electron chi connectivity index (χ1n) is 9.18. The molecule has 26 heavy (non-hydrogen) atoms. The molecule has 7 atom stereocenters. The van der Waals surface area contributed by atoms with Crippen LogP contribution < -0.4 is 4.90 Å². The van der Waals surface area contributed by atoms with Crippen LogP contribution in [-0.4, -0.2) is 41.3 Å². The number of rotatable bonds is 1. The second-order valence-corrected chi connectivity index (χ2v) is 8.10. The highest BCUT2D eigenvalue weighted by Crippen LogP contribution is 2.62. The molecule has 2 bridgehead atoms. The number of carbonyl (C=O) groups excluding carboxylic acids is 1. The first-order chi connectivity index (χ1) is 12.5. The minimum atomic E-state index is -0.956. The Hall–Kier alpha value is -2.18. The minimum absolute atomic E-state index is 0.0630. The number of amides is 1. The van der Waals surface area contributed by atoms with E-state index in [-0.39, 0.29) is 24.0 Å². The topological polar surface area (TPSA) is 76.1 Å². The van der Waals surface area contributed by atoms with Crippen LogP contribution in [0, 0.1) is 24.7 Å². The third-order valence-corrected chi connectivity index (χ3v) is 6.91. The number of benzene rings is 1. The number of carboxylic acids is 1. The molecule has 0 saturated carbocycles. The maximum absolute atomic E-state index is 13.5. The number of anilines is 1. The van der Waals surface area contributed by atoms with E-state index in [1.165, 1.54) is 0 Å². The van der Waals surface area contributed by atoms with E-state index in [4.69, 9.17) is 9.47 Å². The summed E-state index contributed by atoms with van der Waals surface area (Å²) in [4.78, 5) is 27.2. The Balaban J connectivity index is 1.59. The lowest BCUT2D eigenvalue weighted by molar-refractivity contribution is -0.146. The number of ether oxygens (including phenoxy) is 2. The highest BCUT2D eigenvalue weighted by molar-refractivity contribution is 6.04. The molecule has 1 N–H and O–H groups in total. The summed E-state index contributed by atoms with van der Waals surface area (Å²) in [6, 6.07) is 5.86. The zero-order chi connectivity index (χ0) is 17.8. The third-order valence-electron chi connectivity index (χ3n) is 6.91. The maximum atomic E-state index is 13.5. The lowest BCUT2D eigenvalue weighted by Crippen LogP contribution is -2.53. The summed E-state index contributed by atoms with van der Waals surface area (Å²) in [5.74, 6) is -2.43. The Morgan fingerprint density at radius 1 is 1.38 bits per heavy atom. The van der Waals surface area contributed by atoms with Gasteiger partial charge in [0.1, 0.15) is 11.5 Å². The average Bonchev–Trinajstić information content (AvgIpc) is 3.35. The molecule has 0 radical (unpaired) electrons. The smallest absolute Gasteiger partial charge is 0.310 e. The fraction of sp³-hybridized carbons (Fsp3) is 0.500. The third kappa shape index (κ3) is 1.48. The molecule has 3 saturated heterocycles. The molecule has 5 aliphatic heterocycles. The molecule has 1 aromatic carbocycles. The molecule has 6 nitrogen and oxygen atoms in total. The molecule has 6 rings (SSSR count). The van der Waals surface area contributed by atoms with Crippen molar-refractivity contribution in [3.05, 3.63) is 41.5 Å². The standard InChI is InChI=1S/C20H19NO5/c1-9-2-3-12-11(8-9)16-10(5-7-25-16)17-20-6-4-13(26-20)14(19(23)24)15(20)18(22)21(12)17/h2-4,6,8,10,13-17H,5,7H2,1H3,(H,23,24)/t10-,13-,14-,15-,16+,17-,20+/m0/s1. The Bertz CT molecular complexity index is 894. The molecule has 0 aromatic heterocycles. The molecule has 3 fully saturated rings. The van der Waals surface area contributed by atoms with Gasteiger partial charge in [-0.15, -0.1) is 0 Å². The quantitative estimate of drug-likeness (QED) is 0.780. The van der Waals surface area contributed by atoms with Crippen molar-refractivity contribution < 1.29 is 24.2 Å². The predicted octanol–water partition coefficient (Wildman–Crippen LogP) is 1.83. The minimum Gasteiger partial charge on any atom is -0.481 e. The number of aryl methyl sites for hydroxylation is 1. The van der Waals surface area contributed by atoms with Crippen molar-refractivity contribution >= 4 is 17.6 Å². The SMILES string of the molecule is Cc1ccc2c(c1)[C@@H]1OCC[C@@H]1[C@@H]1N2C(=O)[C@@H]2[C@@H](C(=O)O)[C@@H]3C=C[C@@]21O3.